The molecule has 10 heteroatoms. The number of halogens is 1. The zero-order valence-electron chi connectivity index (χ0n) is 17.8. The number of aryl methyl sites for hydroxylation is 1. The SMILES string of the molecule is O=S(=O)(c1ccccc1F)N1CCN(CCCCCn2nnc(-c3ccccc3)n2)CC1. The molecule has 0 saturated carbocycles. The Balaban J connectivity index is 1.16. The zero-order valence-corrected chi connectivity index (χ0v) is 18.7. The summed E-state index contributed by atoms with van der Waals surface area (Å²) in [4.78, 5) is 3.65. The fraction of sp³-hybridized carbons (Fsp3) is 0.409. The molecule has 1 aromatic heterocycles. The van der Waals surface area contributed by atoms with Crippen LogP contribution in [0.1, 0.15) is 19.3 Å². The molecule has 0 N–H and O–H groups in total. The van der Waals surface area contributed by atoms with Gasteiger partial charge >= 0.3 is 0 Å². The largest absolute Gasteiger partial charge is 0.301 e. The third-order valence-corrected chi connectivity index (χ3v) is 7.53. The van der Waals surface area contributed by atoms with Crippen LogP contribution in [-0.2, 0) is 16.6 Å². The van der Waals surface area contributed by atoms with Crippen molar-refractivity contribution in [3.63, 3.8) is 0 Å². The normalized spacial score (nSPS) is 15.8. The molecule has 2 aromatic carbocycles. The van der Waals surface area contributed by atoms with Crippen molar-refractivity contribution >= 4 is 10.0 Å². The first-order chi connectivity index (χ1) is 15.5. The van der Waals surface area contributed by atoms with E-state index in [0.717, 1.165) is 31.4 Å². The fourth-order valence-electron chi connectivity index (χ4n) is 3.79. The average Bonchev–Trinajstić information content (AvgIpc) is 3.29. The van der Waals surface area contributed by atoms with E-state index in [4.69, 9.17) is 0 Å². The van der Waals surface area contributed by atoms with Gasteiger partial charge in [-0.2, -0.15) is 9.10 Å². The molecule has 0 atom stereocenters. The summed E-state index contributed by atoms with van der Waals surface area (Å²) in [5, 5.41) is 12.7. The maximum atomic E-state index is 13.9. The summed E-state index contributed by atoms with van der Waals surface area (Å²) >= 11 is 0. The molecule has 3 aromatic rings. The van der Waals surface area contributed by atoms with Crippen molar-refractivity contribution in [2.45, 2.75) is 30.7 Å². The number of aromatic nitrogens is 4. The van der Waals surface area contributed by atoms with Gasteiger partial charge in [0.2, 0.25) is 15.8 Å². The minimum absolute atomic E-state index is 0.245. The number of piperazine rings is 1. The number of nitrogens with zero attached hydrogens (tertiary/aromatic N) is 6. The molecule has 0 spiro atoms. The second kappa shape index (κ2) is 10.3. The second-order valence-corrected chi connectivity index (χ2v) is 9.72. The highest BCUT2D eigenvalue weighted by Crippen LogP contribution is 2.20. The van der Waals surface area contributed by atoms with Gasteiger partial charge in [-0.3, -0.25) is 0 Å². The quantitative estimate of drug-likeness (QED) is 0.459. The van der Waals surface area contributed by atoms with Crippen LogP contribution in [0, 0.1) is 5.82 Å². The highest BCUT2D eigenvalue weighted by Gasteiger charge is 2.30. The first kappa shape index (κ1) is 22.5. The Morgan fingerprint density at radius 3 is 2.28 bits per heavy atom. The molecule has 1 fully saturated rings. The van der Waals surface area contributed by atoms with E-state index in [1.54, 1.807) is 10.9 Å². The van der Waals surface area contributed by atoms with Crippen LogP contribution in [-0.4, -0.2) is 70.6 Å². The van der Waals surface area contributed by atoms with Gasteiger partial charge in [0.15, 0.2) is 0 Å². The van der Waals surface area contributed by atoms with Crippen LogP contribution in [0.2, 0.25) is 0 Å². The Kier molecular flexibility index (Phi) is 7.23. The van der Waals surface area contributed by atoms with E-state index in [-0.39, 0.29) is 4.90 Å². The molecular formula is C22H27FN6O2S. The predicted octanol–water partition coefficient (Wildman–Crippen LogP) is 2.66. The molecule has 1 aliphatic heterocycles. The third-order valence-electron chi connectivity index (χ3n) is 5.60. The van der Waals surface area contributed by atoms with Crippen molar-refractivity contribution in [3.05, 3.63) is 60.4 Å². The standard InChI is InChI=1S/C22H27FN6O2S/c23-20-11-5-6-12-21(20)32(30,31)28-17-15-27(16-18-28)13-7-2-8-14-29-25-22(24-26-29)19-9-3-1-4-10-19/h1,3-6,9-12H,2,7-8,13-18H2. The minimum atomic E-state index is -3.78. The van der Waals surface area contributed by atoms with Crippen molar-refractivity contribution in [2.24, 2.45) is 0 Å². The Bertz CT molecular complexity index is 1110. The van der Waals surface area contributed by atoms with Gasteiger partial charge in [0.05, 0.1) is 6.54 Å². The van der Waals surface area contributed by atoms with Gasteiger partial charge in [-0.15, -0.1) is 10.2 Å². The fourth-order valence-corrected chi connectivity index (χ4v) is 5.28. The molecule has 32 heavy (non-hydrogen) atoms. The molecule has 0 bridgehead atoms. The van der Waals surface area contributed by atoms with Crippen molar-refractivity contribution in [3.8, 4) is 11.4 Å². The lowest BCUT2D eigenvalue weighted by molar-refractivity contribution is 0.184. The number of benzene rings is 2. The molecule has 1 saturated heterocycles. The first-order valence-electron chi connectivity index (χ1n) is 10.8. The van der Waals surface area contributed by atoms with Crippen LogP contribution in [0.25, 0.3) is 11.4 Å². The number of hydrogen-bond acceptors (Lipinski definition) is 6. The first-order valence-corrected chi connectivity index (χ1v) is 12.3. The van der Waals surface area contributed by atoms with E-state index < -0.39 is 15.8 Å². The number of unbranched alkanes of at least 4 members (excludes halogenated alkanes) is 2. The molecule has 0 unspecified atom stereocenters. The summed E-state index contributed by atoms with van der Waals surface area (Å²) in [6.45, 7) is 3.68. The Labute approximate surface area is 187 Å². The summed E-state index contributed by atoms with van der Waals surface area (Å²) < 4.78 is 40.7. The topological polar surface area (TPSA) is 84.2 Å². The number of hydrogen-bond donors (Lipinski definition) is 0. The van der Waals surface area contributed by atoms with Crippen molar-refractivity contribution in [1.29, 1.82) is 0 Å². The van der Waals surface area contributed by atoms with Gasteiger partial charge in [0, 0.05) is 31.7 Å². The zero-order chi connectivity index (χ0) is 22.4. The van der Waals surface area contributed by atoms with Crippen LogP contribution in [0.5, 0.6) is 0 Å². The predicted molar refractivity (Wildman–Crippen MR) is 119 cm³/mol. The molecule has 1 aliphatic rings. The van der Waals surface area contributed by atoms with Crippen molar-refractivity contribution in [1.82, 2.24) is 29.4 Å². The van der Waals surface area contributed by atoms with Gasteiger partial charge in [-0.1, -0.05) is 48.9 Å². The van der Waals surface area contributed by atoms with Crippen LogP contribution in [0.15, 0.2) is 59.5 Å². The molecule has 8 nitrogen and oxygen atoms in total. The van der Waals surface area contributed by atoms with Crippen LogP contribution >= 0.6 is 0 Å². The molecule has 2 heterocycles. The molecule has 0 amide bonds. The van der Waals surface area contributed by atoms with E-state index in [1.165, 1.54) is 22.5 Å². The summed E-state index contributed by atoms with van der Waals surface area (Å²) in [6.07, 6.45) is 2.99. The Morgan fingerprint density at radius 1 is 0.844 bits per heavy atom. The van der Waals surface area contributed by atoms with Crippen LogP contribution in [0.3, 0.4) is 0 Å². The molecule has 4 rings (SSSR count). The van der Waals surface area contributed by atoms with Crippen LogP contribution in [0.4, 0.5) is 4.39 Å². The number of sulfonamides is 1. The van der Waals surface area contributed by atoms with Crippen molar-refractivity contribution < 1.29 is 12.8 Å². The number of rotatable bonds is 9. The lowest BCUT2D eigenvalue weighted by atomic mass is 10.2. The van der Waals surface area contributed by atoms with Crippen molar-refractivity contribution in [2.75, 3.05) is 32.7 Å². The van der Waals surface area contributed by atoms with Gasteiger partial charge in [0.25, 0.3) is 0 Å². The number of tetrazole rings is 1. The smallest absolute Gasteiger partial charge is 0.246 e. The maximum Gasteiger partial charge on any atom is 0.246 e. The molecule has 170 valence electrons. The summed E-state index contributed by atoms with van der Waals surface area (Å²) in [5.74, 6) is -0.0681. The Hall–Kier alpha value is -2.69. The van der Waals surface area contributed by atoms with E-state index in [2.05, 4.69) is 20.3 Å². The highest BCUT2D eigenvalue weighted by molar-refractivity contribution is 7.89. The molecular weight excluding hydrogens is 431 g/mol. The lowest BCUT2D eigenvalue weighted by Crippen LogP contribution is -2.48. The molecule has 0 aliphatic carbocycles. The lowest BCUT2D eigenvalue weighted by Gasteiger charge is -2.34. The second-order valence-electron chi connectivity index (χ2n) is 7.81. The Morgan fingerprint density at radius 2 is 1.53 bits per heavy atom. The monoisotopic (exact) mass is 458 g/mol. The average molecular weight is 459 g/mol. The molecule has 0 radical (unpaired) electrons. The van der Waals surface area contributed by atoms with E-state index >= 15 is 0 Å². The summed E-state index contributed by atoms with van der Waals surface area (Å²) in [7, 11) is -3.78. The van der Waals surface area contributed by atoms with Crippen LogP contribution < -0.4 is 0 Å². The van der Waals surface area contributed by atoms with Gasteiger partial charge < -0.3 is 4.90 Å². The third kappa shape index (κ3) is 5.37. The van der Waals surface area contributed by atoms with E-state index in [1.807, 2.05) is 30.3 Å². The summed E-state index contributed by atoms with van der Waals surface area (Å²) in [6, 6.07) is 15.3. The summed E-state index contributed by atoms with van der Waals surface area (Å²) in [5.41, 5.74) is 0.954. The van der Waals surface area contributed by atoms with Gasteiger partial charge in [-0.25, -0.2) is 12.8 Å². The van der Waals surface area contributed by atoms with E-state index in [0.29, 0.717) is 38.5 Å². The minimum Gasteiger partial charge on any atom is -0.301 e. The van der Waals surface area contributed by atoms with Gasteiger partial charge in [-0.05, 0) is 36.7 Å². The highest BCUT2D eigenvalue weighted by atomic mass is 32.2. The maximum absolute atomic E-state index is 13.9. The van der Waals surface area contributed by atoms with E-state index in [9.17, 15) is 12.8 Å². The van der Waals surface area contributed by atoms with Gasteiger partial charge in [0.1, 0.15) is 10.7 Å².